The summed E-state index contributed by atoms with van der Waals surface area (Å²) in [6.45, 7) is 5.75. The molecule has 0 bridgehead atoms. The van der Waals surface area contributed by atoms with E-state index in [0.717, 1.165) is 12.0 Å². The van der Waals surface area contributed by atoms with Crippen molar-refractivity contribution in [2.45, 2.75) is 45.3 Å². The van der Waals surface area contributed by atoms with Gasteiger partial charge in [0.05, 0.1) is 0 Å². The predicted molar refractivity (Wildman–Crippen MR) is 82.6 cm³/mol. The fraction of sp³-hybridized carbons (Fsp3) is 0.529. The minimum absolute atomic E-state index is 0.135. The van der Waals surface area contributed by atoms with Crippen LogP contribution >= 0.6 is 0 Å². The number of carbonyl (C=O) groups excluding carboxylic acids is 1. The molecule has 1 saturated heterocycles. The molecule has 1 aromatic carbocycles. The van der Waals surface area contributed by atoms with Crippen molar-refractivity contribution in [1.82, 2.24) is 4.90 Å². The highest BCUT2D eigenvalue weighted by Gasteiger charge is 2.41. The topological polar surface area (TPSA) is 66.8 Å². The molecule has 120 valence electrons. The van der Waals surface area contributed by atoms with Crippen molar-refractivity contribution >= 4 is 12.1 Å². The van der Waals surface area contributed by atoms with Crippen LogP contribution < -0.4 is 0 Å². The second-order valence-electron chi connectivity index (χ2n) is 6.78. The van der Waals surface area contributed by atoms with Gasteiger partial charge in [-0.1, -0.05) is 30.3 Å². The van der Waals surface area contributed by atoms with E-state index in [1.165, 1.54) is 4.90 Å². The van der Waals surface area contributed by atoms with Crippen LogP contribution in [0.1, 0.15) is 32.8 Å². The Kier molecular flexibility index (Phi) is 4.74. The molecule has 0 aliphatic carbocycles. The Hall–Kier alpha value is -2.04. The van der Waals surface area contributed by atoms with Gasteiger partial charge >= 0.3 is 12.1 Å². The summed E-state index contributed by atoms with van der Waals surface area (Å²) in [5.41, 5.74) is 0.528. The minimum Gasteiger partial charge on any atom is -0.480 e. The number of carboxylic acid groups (broad SMARTS) is 1. The van der Waals surface area contributed by atoms with Crippen LogP contribution in [0, 0.1) is 5.92 Å². The lowest BCUT2D eigenvalue weighted by molar-refractivity contribution is -0.142. The molecule has 0 saturated carbocycles. The number of hydrogen-bond donors (Lipinski definition) is 1. The van der Waals surface area contributed by atoms with Gasteiger partial charge in [-0.05, 0) is 45.1 Å². The fourth-order valence-electron chi connectivity index (χ4n) is 2.77. The zero-order valence-electron chi connectivity index (χ0n) is 13.3. The second-order valence-corrected chi connectivity index (χ2v) is 6.78. The average Bonchev–Trinajstić information content (AvgIpc) is 2.82. The monoisotopic (exact) mass is 305 g/mol. The van der Waals surface area contributed by atoms with E-state index in [-0.39, 0.29) is 5.92 Å². The maximum absolute atomic E-state index is 12.2. The van der Waals surface area contributed by atoms with Crippen LogP contribution in [-0.4, -0.2) is 40.3 Å². The van der Waals surface area contributed by atoms with Gasteiger partial charge in [-0.25, -0.2) is 9.59 Å². The van der Waals surface area contributed by atoms with Crippen molar-refractivity contribution in [2.75, 3.05) is 6.54 Å². The third kappa shape index (κ3) is 4.23. The fourth-order valence-corrected chi connectivity index (χ4v) is 2.77. The molecule has 1 aliphatic heterocycles. The van der Waals surface area contributed by atoms with Crippen molar-refractivity contribution in [3.05, 3.63) is 35.9 Å². The number of ether oxygens (including phenoxy) is 1. The molecule has 1 aliphatic rings. The van der Waals surface area contributed by atoms with Crippen LogP contribution in [0.3, 0.4) is 0 Å². The highest BCUT2D eigenvalue weighted by atomic mass is 16.6. The van der Waals surface area contributed by atoms with Gasteiger partial charge in [0, 0.05) is 6.54 Å². The molecule has 2 atom stereocenters. The molecule has 2 unspecified atom stereocenters. The molecular formula is C17H23NO4. The highest BCUT2D eigenvalue weighted by Crippen LogP contribution is 2.28. The molecule has 0 spiro atoms. The van der Waals surface area contributed by atoms with Gasteiger partial charge < -0.3 is 9.84 Å². The van der Waals surface area contributed by atoms with Gasteiger partial charge in [0.25, 0.3) is 0 Å². The van der Waals surface area contributed by atoms with E-state index >= 15 is 0 Å². The van der Waals surface area contributed by atoms with Gasteiger partial charge in [-0.3, -0.25) is 4.90 Å². The summed E-state index contributed by atoms with van der Waals surface area (Å²) in [4.78, 5) is 25.0. The van der Waals surface area contributed by atoms with Crippen LogP contribution in [0.4, 0.5) is 4.79 Å². The third-order valence-electron chi connectivity index (χ3n) is 3.67. The Morgan fingerprint density at radius 1 is 1.27 bits per heavy atom. The van der Waals surface area contributed by atoms with Crippen LogP contribution in [0.5, 0.6) is 0 Å². The first-order valence-corrected chi connectivity index (χ1v) is 7.52. The summed E-state index contributed by atoms with van der Waals surface area (Å²) < 4.78 is 5.32. The predicted octanol–water partition coefficient (Wildman–Crippen LogP) is 2.94. The Labute approximate surface area is 130 Å². The second kappa shape index (κ2) is 6.38. The van der Waals surface area contributed by atoms with Crippen molar-refractivity contribution in [1.29, 1.82) is 0 Å². The quantitative estimate of drug-likeness (QED) is 0.932. The lowest BCUT2D eigenvalue weighted by Gasteiger charge is -2.26. The van der Waals surface area contributed by atoms with E-state index in [1.54, 1.807) is 20.8 Å². The van der Waals surface area contributed by atoms with E-state index in [0.29, 0.717) is 13.0 Å². The van der Waals surface area contributed by atoms with Crippen molar-refractivity contribution in [3.8, 4) is 0 Å². The lowest BCUT2D eigenvalue weighted by Crippen LogP contribution is -2.43. The maximum atomic E-state index is 12.2. The van der Waals surface area contributed by atoms with Gasteiger partial charge in [0.2, 0.25) is 0 Å². The minimum atomic E-state index is -0.971. The molecule has 0 radical (unpaired) electrons. The average molecular weight is 305 g/mol. The standard InChI is InChI=1S/C17H23NO4/c1-17(2,3)22-16(21)18-11-13(10-14(18)15(19)20)9-12-7-5-4-6-8-12/h4-8,13-14H,9-11H2,1-3H3,(H,19,20). The third-order valence-corrected chi connectivity index (χ3v) is 3.67. The Bertz CT molecular complexity index is 535. The molecule has 2 rings (SSSR count). The van der Waals surface area contributed by atoms with Gasteiger partial charge in [-0.15, -0.1) is 0 Å². The molecule has 0 aromatic heterocycles. The van der Waals surface area contributed by atoms with E-state index in [2.05, 4.69) is 0 Å². The molecular weight excluding hydrogens is 282 g/mol. The summed E-state index contributed by atoms with van der Waals surface area (Å²) in [6, 6.07) is 9.11. The first-order chi connectivity index (χ1) is 10.3. The van der Waals surface area contributed by atoms with E-state index in [4.69, 9.17) is 4.74 Å². The van der Waals surface area contributed by atoms with Crippen LogP contribution in [0.2, 0.25) is 0 Å². The zero-order chi connectivity index (χ0) is 16.3. The number of rotatable bonds is 3. The molecule has 1 aromatic rings. The number of likely N-dealkylation sites (tertiary alicyclic amines) is 1. The molecule has 5 heteroatoms. The van der Waals surface area contributed by atoms with E-state index in [1.807, 2.05) is 30.3 Å². The lowest BCUT2D eigenvalue weighted by atomic mass is 9.97. The van der Waals surface area contributed by atoms with Crippen molar-refractivity contribution < 1.29 is 19.4 Å². The van der Waals surface area contributed by atoms with Gasteiger partial charge in [-0.2, -0.15) is 0 Å². The number of nitrogens with zero attached hydrogens (tertiary/aromatic N) is 1. The molecule has 1 fully saturated rings. The molecule has 22 heavy (non-hydrogen) atoms. The summed E-state index contributed by atoms with van der Waals surface area (Å²) in [6.07, 6.45) is 0.684. The highest BCUT2D eigenvalue weighted by molar-refractivity contribution is 5.81. The number of hydrogen-bond acceptors (Lipinski definition) is 3. The number of carbonyl (C=O) groups is 2. The summed E-state index contributed by atoms with van der Waals surface area (Å²) in [5, 5.41) is 9.37. The Balaban J connectivity index is 2.06. The smallest absolute Gasteiger partial charge is 0.411 e. The van der Waals surface area contributed by atoms with Gasteiger partial charge in [0.15, 0.2) is 0 Å². The molecule has 5 nitrogen and oxygen atoms in total. The van der Waals surface area contributed by atoms with Crippen LogP contribution in [0.15, 0.2) is 30.3 Å². The number of benzene rings is 1. The largest absolute Gasteiger partial charge is 0.480 e. The van der Waals surface area contributed by atoms with Crippen molar-refractivity contribution in [3.63, 3.8) is 0 Å². The first-order valence-electron chi connectivity index (χ1n) is 7.52. The normalized spacial score (nSPS) is 21.7. The molecule has 1 heterocycles. The Morgan fingerprint density at radius 3 is 2.45 bits per heavy atom. The van der Waals surface area contributed by atoms with E-state index in [9.17, 15) is 14.7 Å². The number of aliphatic carboxylic acids is 1. The summed E-state index contributed by atoms with van der Waals surface area (Å²) in [7, 11) is 0. The number of amides is 1. The summed E-state index contributed by atoms with van der Waals surface area (Å²) >= 11 is 0. The van der Waals surface area contributed by atoms with E-state index < -0.39 is 23.7 Å². The summed E-state index contributed by atoms with van der Waals surface area (Å²) in [5.74, 6) is -0.836. The SMILES string of the molecule is CC(C)(C)OC(=O)N1CC(Cc2ccccc2)CC1C(=O)O. The number of carboxylic acids is 1. The molecule has 1 amide bonds. The maximum Gasteiger partial charge on any atom is 0.411 e. The first kappa shape index (κ1) is 16.3. The van der Waals surface area contributed by atoms with Crippen molar-refractivity contribution in [2.24, 2.45) is 5.92 Å². The molecule has 1 N–H and O–H groups in total. The van der Waals surface area contributed by atoms with Crippen LogP contribution in [0.25, 0.3) is 0 Å². The Morgan fingerprint density at radius 2 is 1.91 bits per heavy atom. The van der Waals surface area contributed by atoms with Crippen LogP contribution in [-0.2, 0) is 16.0 Å². The van der Waals surface area contributed by atoms with Gasteiger partial charge in [0.1, 0.15) is 11.6 Å². The zero-order valence-corrected chi connectivity index (χ0v) is 13.3.